The summed E-state index contributed by atoms with van der Waals surface area (Å²) < 4.78 is 78.2. The average Bonchev–Trinajstić information content (AvgIpc) is 2.64. The molecule has 0 radical (unpaired) electrons. The van der Waals surface area contributed by atoms with Gasteiger partial charge in [0.2, 0.25) is 0 Å². The van der Waals surface area contributed by atoms with Crippen molar-refractivity contribution in [1.29, 1.82) is 0 Å². The molecule has 0 saturated carbocycles. The van der Waals surface area contributed by atoms with Crippen molar-refractivity contribution < 1.29 is 31.2 Å². The molecular formula is C18H11F6N3O. The number of fused-ring (bicyclic) bond motifs is 1. The van der Waals surface area contributed by atoms with Gasteiger partial charge in [0.15, 0.2) is 5.65 Å². The number of oxime groups is 1. The van der Waals surface area contributed by atoms with Crippen molar-refractivity contribution in [2.45, 2.75) is 19.3 Å². The SMILES string of the molecule is C/C(=N/Oc1ccc2c(C(F)(F)F)cc(C(F)(F)F)nc2n1)c1ccccc1. The summed E-state index contributed by atoms with van der Waals surface area (Å²) in [7, 11) is 0. The first-order chi connectivity index (χ1) is 13.1. The van der Waals surface area contributed by atoms with Crippen molar-refractivity contribution in [3.8, 4) is 5.88 Å². The fraction of sp³-hybridized carbons (Fsp3) is 0.167. The van der Waals surface area contributed by atoms with Gasteiger partial charge in [0, 0.05) is 11.5 Å². The molecule has 146 valence electrons. The second kappa shape index (κ2) is 7.10. The molecule has 3 rings (SSSR count). The van der Waals surface area contributed by atoms with Crippen LogP contribution in [0.4, 0.5) is 26.3 Å². The van der Waals surface area contributed by atoms with Crippen molar-refractivity contribution in [2.24, 2.45) is 5.16 Å². The van der Waals surface area contributed by atoms with E-state index in [0.717, 1.165) is 17.7 Å². The second-order valence-electron chi connectivity index (χ2n) is 5.71. The molecule has 0 saturated heterocycles. The molecule has 0 aliphatic rings. The first-order valence-corrected chi connectivity index (χ1v) is 7.79. The van der Waals surface area contributed by atoms with Gasteiger partial charge in [-0.05, 0) is 24.6 Å². The Labute approximate surface area is 154 Å². The third-order valence-electron chi connectivity index (χ3n) is 3.71. The predicted octanol–water partition coefficient (Wildman–Crippen LogP) is 5.47. The van der Waals surface area contributed by atoms with Crippen molar-refractivity contribution in [3.05, 3.63) is 65.4 Å². The Kier molecular flexibility index (Phi) is 4.97. The van der Waals surface area contributed by atoms with Crippen molar-refractivity contribution in [3.63, 3.8) is 0 Å². The van der Waals surface area contributed by atoms with E-state index < -0.39 is 34.6 Å². The number of hydrogen-bond donors (Lipinski definition) is 0. The summed E-state index contributed by atoms with van der Waals surface area (Å²) in [6, 6.07) is 10.8. The molecule has 2 heterocycles. The Hall–Kier alpha value is -3.17. The van der Waals surface area contributed by atoms with Crippen LogP contribution in [0.5, 0.6) is 5.88 Å². The summed E-state index contributed by atoms with van der Waals surface area (Å²) in [6.07, 6.45) is -10.1. The zero-order chi connectivity index (χ0) is 20.5. The van der Waals surface area contributed by atoms with E-state index in [2.05, 4.69) is 15.1 Å². The van der Waals surface area contributed by atoms with Gasteiger partial charge in [-0.1, -0.05) is 35.5 Å². The molecule has 1 aromatic carbocycles. The van der Waals surface area contributed by atoms with Gasteiger partial charge in [-0.2, -0.15) is 31.3 Å². The number of nitrogens with zero attached hydrogens (tertiary/aromatic N) is 3. The quantitative estimate of drug-likeness (QED) is 0.333. The number of alkyl halides is 6. The minimum absolute atomic E-state index is 0.0394. The van der Waals surface area contributed by atoms with Gasteiger partial charge in [0.1, 0.15) is 5.69 Å². The molecule has 0 atom stereocenters. The lowest BCUT2D eigenvalue weighted by molar-refractivity contribution is -0.144. The van der Waals surface area contributed by atoms with Crippen LogP contribution in [0.1, 0.15) is 23.7 Å². The highest BCUT2D eigenvalue weighted by molar-refractivity contribution is 5.98. The summed E-state index contributed by atoms with van der Waals surface area (Å²) in [5, 5.41) is 3.22. The van der Waals surface area contributed by atoms with E-state index in [1.165, 1.54) is 0 Å². The van der Waals surface area contributed by atoms with Crippen LogP contribution in [0.2, 0.25) is 0 Å². The monoisotopic (exact) mass is 399 g/mol. The fourth-order valence-electron chi connectivity index (χ4n) is 2.37. The van der Waals surface area contributed by atoms with Gasteiger partial charge in [-0.3, -0.25) is 0 Å². The molecule has 4 nitrogen and oxygen atoms in total. The zero-order valence-electron chi connectivity index (χ0n) is 14.1. The van der Waals surface area contributed by atoms with Crippen molar-refractivity contribution in [1.82, 2.24) is 9.97 Å². The second-order valence-corrected chi connectivity index (χ2v) is 5.71. The van der Waals surface area contributed by atoms with Gasteiger partial charge in [0.25, 0.3) is 5.88 Å². The van der Waals surface area contributed by atoms with Crippen LogP contribution < -0.4 is 4.84 Å². The van der Waals surface area contributed by atoms with Crippen LogP contribution in [0.3, 0.4) is 0 Å². The summed E-state index contributed by atoms with van der Waals surface area (Å²) in [5.41, 5.74) is -2.75. The molecule has 0 unspecified atom stereocenters. The number of halogens is 6. The van der Waals surface area contributed by atoms with Gasteiger partial charge in [-0.15, -0.1) is 0 Å². The van der Waals surface area contributed by atoms with Crippen molar-refractivity contribution in [2.75, 3.05) is 0 Å². The first kappa shape index (κ1) is 19.6. The summed E-state index contributed by atoms with van der Waals surface area (Å²) in [5.74, 6) is -0.289. The molecule has 0 bridgehead atoms. The molecular weight excluding hydrogens is 388 g/mol. The topological polar surface area (TPSA) is 47.4 Å². The zero-order valence-corrected chi connectivity index (χ0v) is 14.1. The Balaban J connectivity index is 2.03. The number of aromatic nitrogens is 2. The van der Waals surface area contributed by atoms with Gasteiger partial charge in [0.05, 0.1) is 11.3 Å². The minimum Gasteiger partial charge on any atom is -0.336 e. The fourth-order valence-corrected chi connectivity index (χ4v) is 2.37. The maximum absolute atomic E-state index is 13.2. The highest BCUT2D eigenvalue weighted by Crippen LogP contribution is 2.38. The van der Waals surface area contributed by atoms with E-state index in [1.54, 1.807) is 37.3 Å². The predicted molar refractivity (Wildman–Crippen MR) is 88.8 cm³/mol. The minimum atomic E-state index is -5.06. The molecule has 10 heteroatoms. The van der Waals surface area contributed by atoms with E-state index in [1.807, 2.05) is 0 Å². The van der Waals surface area contributed by atoms with E-state index in [-0.39, 0.29) is 11.9 Å². The Bertz CT molecular complexity index is 1030. The molecule has 28 heavy (non-hydrogen) atoms. The van der Waals surface area contributed by atoms with Gasteiger partial charge in [-0.25, -0.2) is 4.98 Å². The summed E-state index contributed by atoms with van der Waals surface area (Å²) >= 11 is 0. The highest BCUT2D eigenvalue weighted by Gasteiger charge is 2.39. The number of pyridine rings is 2. The average molecular weight is 399 g/mol. The standard InChI is InChI=1S/C18H11F6N3O/c1-10(11-5-3-2-4-6-11)27-28-15-8-7-12-13(17(19,20)21)9-14(18(22,23)24)25-16(12)26-15/h2-9H,1H3/b27-10-. The molecule has 0 spiro atoms. The molecule has 0 aliphatic heterocycles. The van der Waals surface area contributed by atoms with Gasteiger partial charge >= 0.3 is 12.4 Å². The summed E-state index contributed by atoms with van der Waals surface area (Å²) in [6.45, 7) is 1.62. The molecule has 3 aromatic rings. The molecule has 0 aliphatic carbocycles. The molecule has 0 N–H and O–H groups in total. The molecule has 0 fully saturated rings. The maximum atomic E-state index is 13.2. The van der Waals surface area contributed by atoms with E-state index >= 15 is 0 Å². The molecule has 0 amide bonds. The third kappa shape index (κ3) is 4.21. The Morgan fingerprint density at radius 2 is 1.57 bits per heavy atom. The van der Waals surface area contributed by atoms with Crippen LogP contribution >= 0.6 is 0 Å². The number of rotatable bonds is 3. The van der Waals surface area contributed by atoms with Crippen molar-refractivity contribution >= 4 is 16.7 Å². The third-order valence-corrected chi connectivity index (χ3v) is 3.71. The normalized spacial score (nSPS) is 13.0. The van der Waals surface area contributed by atoms with Crippen LogP contribution in [0.15, 0.2) is 53.7 Å². The lowest BCUT2D eigenvalue weighted by Gasteiger charge is -2.13. The Morgan fingerprint density at radius 1 is 0.893 bits per heavy atom. The van der Waals surface area contributed by atoms with Crippen LogP contribution in [0, 0.1) is 0 Å². The van der Waals surface area contributed by atoms with E-state index in [0.29, 0.717) is 5.71 Å². The smallest absolute Gasteiger partial charge is 0.336 e. The largest absolute Gasteiger partial charge is 0.433 e. The van der Waals surface area contributed by atoms with Crippen LogP contribution in [-0.4, -0.2) is 15.7 Å². The maximum Gasteiger partial charge on any atom is 0.433 e. The molecule has 2 aromatic heterocycles. The number of benzene rings is 1. The lowest BCUT2D eigenvalue weighted by Crippen LogP contribution is -2.14. The summed E-state index contributed by atoms with van der Waals surface area (Å²) in [4.78, 5) is 11.9. The first-order valence-electron chi connectivity index (χ1n) is 7.79. The van der Waals surface area contributed by atoms with Gasteiger partial charge < -0.3 is 4.84 Å². The van der Waals surface area contributed by atoms with Crippen LogP contribution in [0.25, 0.3) is 11.0 Å². The lowest BCUT2D eigenvalue weighted by atomic mass is 10.1. The highest BCUT2D eigenvalue weighted by atomic mass is 19.4. The van der Waals surface area contributed by atoms with E-state index in [9.17, 15) is 26.3 Å². The number of hydrogen-bond acceptors (Lipinski definition) is 4. The van der Waals surface area contributed by atoms with Crippen LogP contribution in [-0.2, 0) is 12.4 Å². The van der Waals surface area contributed by atoms with E-state index in [4.69, 9.17) is 4.84 Å². The Morgan fingerprint density at radius 3 is 2.18 bits per heavy atom.